The van der Waals surface area contributed by atoms with E-state index in [0.717, 1.165) is 16.5 Å². The minimum atomic E-state index is -0.375. The Hall–Kier alpha value is -2.67. The van der Waals surface area contributed by atoms with Crippen molar-refractivity contribution >= 4 is 23.4 Å². The van der Waals surface area contributed by atoms with Crippen LogP contribution in [0.15, 0.2) is 59.8 Å². The third-order valence-electron chi connectivity index (χ3n) is 3.54. The van der Waals surface area contributed by atoms with Crippen molar-refractivity contribution < 1.29 is 9.18 Å². The predicted octanol–water partition coefficient (Wildman–Crippen LogP) is 3.74. The maximum atomic E-state index is 13.1. The van der Waals surface area contributed by atoms with Gasteiger partial charge in [-0.3, -0.25) is 4.79 Å². The summed E-state index contributed by atoms with van der Waals surface area (Å²) in [5, 5.41) is 11.8. The van der Waals surface area contributed by atoms with Crippen LogP contribution < -0.4 is 5.32 Å². The van der Waals surface area contributed by atoms with Gasteiger partial charge in [-0.15, -0.1) is 10.2 Å². The van der Waals surface area contributed by atoms with Gasteiger partial charge >= 0.3 is 0 Å². The summed E-state index contributed by atoms with van der Waals surface area (Å²) in [6.45, 7) is 0. The standard InChI is InChI=1S/C18H17FN4OS/c1-23-17(13-6-3-2-4-7-13)21-22-18(23)25-11-10-16(24)20-15-9-5-8-14(19)12-15/h2-9,12H,10-11H2,1H3,(H,20,24). The van der Waals surface area contributed by atoms with Gasteiger partial charge < -0.3 is 9.88 Å². The summed E-state index contributed by atoms with van der Waals surface area (Å²) in [6, 6.07) is 15.7. The van der Waals surface area contributed by atoms with E-state index in [9.17, 15) is 9.18 Å². The molecule has 3 rings (SSSR count). The lowest BCUT2D eigenvalue weighted by Crippen LogP contribution is -2.12. The van der Waals surface area contributed by atoms with Crippen LogP contribution in [0.4, 0.5) is 10.1 Å². The summed E-state index contributed by atoms with van der Waals surface area (Å²) in [7, 11) is 1.90. The van der Waals surface area contributed by atoms with Crippen molar-refractivity contribution in [1.82, 2.24) is 14.8 Å². The minimum Gasteiger partial charge on any atom is -0.326 e. The van der Waals surface area contributed by atoms with E-state index in [2.05, 4.69) is 15.5 Å². The quantitative estimate of drug-likeness (QED) is 0.684. The second-order valence-corrected chi connectivity index (χ2v) is 6.45. The number of nitrogens with one attached hydrogen (secondary N) is 1. The molecule has 1 N–H and O–H groups in total. The average molecular weight is 356 g/mol. The average Bonchev–Trinajstić information content (AvgIpc) is 2.96. The fourth-order valence-electron chi connectivity index (χ4n) is 2.30. The van der Waals surface area contributed by atoms with Crippen molar-refractivity contribution in [3.05, 3.63) is 60.4 Å². The second kappa shape index (κ2) is 7.94. The van der Waals surface area contributed by atoms with Crippen LogP contribution in [0.1, 0.15) is 6.42 Å². The third-order valence-corrected chi connectivity index (χ3v) is 4.56. The van der Waals surface area contributed by atoms with Crippen LogP contribution in [-0.4, -0.2) is 26.4 Å². The third kappa shape index (κ3) is 4.45. The summed E-state index contributed by atoms with van der Waals surface area (Å²) in [4.78, 5) is 11.9. The molecule has 0 saturated carbocycles. The molecule has 0 unspecified atom stereocenters. The van der Waals surface area contributed by atoms with Gasteiger partial charge in [0.05, 0.1) is 0 Å². The molecular formula is C18H17FN4OS. The van der Waals surface area contributed by atoms with Gasteiger partial charge in [-0.25, -0.2) is 4.39 Å². The summed E-state index contributed by atoms with van der Waals surface area (Å²) in [6.07, 6.45) is 0.300. The van der Waals surface area contributed by atoms with E-state index in [-0.39, 0.29) is 11.7 Å². The largest absolute Gasteiger partial charge is 0.326 e. The number of halogens is 1. The number of nitrogens with zero attached hydrogens (tertiary/aromatic N) is 3. The van der Waals surface area contributed by atoms with Gasteiger partial charge in [-0.05, 0) is 18.2 Å². The van der Waals surface area contributed by atoms with Crippen molar-refractivity contribution in [2.75, 3.05) is 11.1 Å². The topological polar surface area (TPSA) is 59.8 Å². The van der Waals surface area contributed by atoms with E-state index in [1.54, 1.807) is 12.1 Å². The Labute approximate surface area is 149 Å². The number of hydrogen-bond acceptors (Lipinski definition) is 4. The molecule has 0 atom stereocenters. The Bertz CT molecular complexity index is 867. The van der Waals surface area contributed by atoms with Crippen molar-refractivity contribution in [1.29, 1.82) is 0 Å². The molecule has 0 aliphatic heterocycles. The van der Waals surface area contributed by atoms with E-state index in [0.29, 0.717) is 17.9 Å². The Morgan fingerprint density at radius 1 is 1.16 bits per heavy atom. The first kappa shape index (κ1) is 17.2. The molecule has 1 aromatic heterocycles. The van der Waals surface area contributed by atoms with Crippen LogP contribution >= 0.6 is 11.8 Å². The van der Waals surface area contributed by atoms with Gasteiger partial charge in [0.15, 0.2) is 11.0 Å². The summed E-state index contributed by atoms with van der Waals surface area (Å²) in [5.74, 6) is 0.803. The zero-order chi connectivity index (χ0) is 17.6. The Balaban J connectivity index is 1.54. The number of benzene rings is 2. The van der Waals surface area contributed by atoms with Crippen molar-refractivity contribution in [3.63, 3.8) is 0 Å². The number of rotatable bonds is 6. The lowest BCUT2D eigenvalue weighted by molar-refractivity contribution is -0.115. The van der Waals surface area contributed by atoms with E-state index < -0.39 is 0 Å². The molecule has 128 valence electrons. The number of anilines is 1. The molecular weight excluding hydrogens is 339 g/mol. The molecule has 0 saturated heterocycles. The number of amides is 1. The van der Waals surface area contributed by atoms with Crippen LogP contribution in [0.3, 0.4) is 0 Å². The predicted molar refractivity (Wildman–Crippen MR) is 96.8 cm³/mol. The Morgan fingerprint density at radius 2 is 1.96 bits per heavy atom. The smallest absolute Gasteiger partial charge is 0.225 e. The van der Waals surface area contributed by atoms with Crippen LogP contribution in [0.2, 0.25) is 0 Å². The number of carbonyl (C=O) groups excluding carboxylic acids is 1. The summed E-state index contributed by atoms with van der Waals surface area (Å²) >= 11 is 1.46. The highest BCUT2D eigenvalue weighted by atomic mass is 32.2. The first-order chi connectivity index (χ1) is 12.1. The zero-order valence-corrected chi connectivity index (χ0v) is 14.5. The maximum absolute atomic E-state index is 13.1. The van der Waals surface area contributed by atoms with Gasteiger partial charge in [-0.2, -0.15) is 0 Å². The highest BCUT2D eigenvalue weighted by Gasteiger charge is 2.11. The molecule has 0 radical (unpaired) electrons. The summed E-state index contributed by atoms with van der Waals surface area (Å²) in [5.41, 5.74) is 1.45. The molecule has 2 aromatic carbocycles. The fraction of sp³-hybridized carbons (Fsp3) is 0.167. The number of thioether (sulfide) groups is 1. The molecule has 7 heteroatoms. The lowest BCUT2D eigenvalue weighted by Gasteiger charge is -2.06. The zero-order valence-electron chi connectivity index (χ0n) is 13.6. The second-order valence-electron chi connectivity index (χ2n) is 5.39. The van der Waals surface area contributed by atoms with Crippen LogP contribution in [0.25, 0.3) is 11.4 Å². The van der Waals surface area contributed by atoms with Gasteiger partial charge in [-0.1, -0.05) is 48.2 Å². The molecule has 0 bridgehead atoms. The molecule has 0 aliphatic rings. The summed E-state index contributed by atoms with van der Waals surface area (Å²) < 4.78 is 15.0. The molecule has 0 fully saturated rings. The highest BCUT2D eigenvalue weighted by Crippen LogP contribution is 2.22. The number of hydrogen-bond donors (Lipinski definition) is 1. The van der Waals surface area contributed by atoms with E-state index >= 15 is 0 Å². The van der Waals surface area contributed by atoms with Crippen LogP contribution in [-0.2, 0) is 11.8 Å². The Kier molecular flexibility index (Phi) is 5.45. The first-order valence-corrected chi connectivity index (χ1v) is 8.75. The molecule has 1 amide bonds. The molecule has 1 heterocycles. The van der Waals surface area contributed by atoms with Crippen molar-refractivity contribution in [3.8, 4) is 11.4 Å². The van der Waals surface area contributed by atoms with Crippen molar-refractivity contribution in [2.45, 2.75) is 11.6 Å². The molecule has 25 heavy (non-hydrogen) atoms. The molecule has 0 spiro atoms. The van der Waals surface area contributed by atoms with Crippen molar-refractivity contribution in [2.24, 2.45) is 7.05 Å². The van der Waals surface area contributed by atoms with Crippen LogP contribution in [0, 0.1) is 5.82 Å². The van der Waals surface area contributed by atoms with Gasteiger partial charge in [0, 0.05) is 30.5 Å². The van der Waals surface area contributed by atoms with Gasteiger partial charge in [0.2, 0.25) is 5.91 Å². The minimum absolute atomic E-state index is 0.163. The normalized spacial score (nSPS) is 10.6. The van der Waals surface area contributed by atoms with E-state index in [1.165, 1.54) is 23.9 Å². The Morgan fingerprint density at radius 3 is 2.72 bits per heavy atom. The number of carbonyl (C=O) groups is 1. The number of aromatic nitrogens is 3. The SMILES string of the molecule is Cn1c(SCCC(=O)Nc2cccc(F)c2)nnc1-c1ccccc1. The van der Waals surface area contributed by atoms with E-state index in [1.807, 2.05) is 41.9 Å². The van der Waals surface area contributed by atoms with E-state index in [4.69, 9.17) is 0 Å². The molecule has 0 aliphatic carbocycles. The molecule has 3 aromatic rings. The van der Waals surface area contributed by atoms with Gasteiger partial charge in [0.25, 0.3) is 0 Å². The monoisotopic (exact) mass is 356 g/mol. The highest BCUT2D eigenvalue weighted by molar-refractivity contribution is 7.99. The molecule has 5 nitrogen and oxygen atoms in total. The first-order valence-electron chi connectivity index (χ1n) is 7.76. The van der Waals surface area contributed by atoms with Crippen LogP contribution in [0.5, 0.6) is 0 Å². The lowest BCUT2D eigenvalue weighted by atomic mass is 10.2. The fourth-order valence-corrected chi connectivity index (χ4v) is 3.15. The van der Waals surface area contributed by atoms with Gasteiger partial charge in [0.1, 0.15) is 5.82 Å². The maximum Gasteiger partial charge on any atom is 0.225 e.